The highest BCUT2D eigenvalue weighted by molar-refractivity contribution is 5.92. The molecule has 2 rings (SSSR count). The van der Waals surface area contributed by atoms with Crippen molar-refractivity contribution in [3.05, 3.63) is 35.7 Å². The number of carbonyl (C=O) groups is 2. The Morgan fingerprint density at radius 3 is 2.76 bits per heavy atom. The van der Waals surface area contributed by atoms with Crippen LogP contribution >= 0.6 is 0 Å². The number of hydrogen-bond donors (Lipinski definition) is 1. The van der Waals surface area contributed by atoms with Crippen LogP contribution in [0.3, 0.4) is 0 Å². The molecule has 0 fully saturated rings. The number of nitrogens with zero attached hydrogens (tertiary/aromatic N) is 1. The zero-order valence-corrected chi connectivity index (χ0v) is 11.5. The maximum absolute atomic E-state index is 11.5. The molecule has 1 heterocycles. The summed E-state index contributed by atoms with van der Waals surface area (Å²) in [6, 6.07) is 4.45. The van der Waals surface area contributed by atoms with Crippen molar-refractivity contribution >= 4 is 11.9 Å². The van der Waals surface area contributed by atoms with E-state index in [0.717, 1.165) is 6.26 Å². The van der Waals surface area contributed by atoms with Crippen LogP contribution in [-0.2, 0) is 4.74 Å². The second-order valence-electron chi connectivity index (χ2n) is 3.98. The average Bonchev–Trinajstić information content (AvgIpc) is 2.96. The van der Waals surface area contributed by atoms with Crippen LogP contribution in [0.2, 0.25) is 0 Å². The summed E-state index contributed by atoms with van der Waals surface area (Å²) in [5.41, 5.74) is 0.425. The lowest BCUT2D eigenvalue weighted by Crippen LogP contribution is -2.04. The first-order chi connectivity index (χ1) is 10.1. The molecular formula is C14H13NO6. The molecule has 21 heavy (non-hydrogen) atoms. The van der Waals surface area contributed by atoms with E-state index in [1.54, 1.807) is 13.0 Å². The van der Waals surface area contributed by atoms with Gasteiger partial charge in [-0.15, -0.1) is 0 Å². The molecule has 0 atom stereocenters. The first-order valence-electron chi connectivity index (χ1n) is 6.11. The number of benzene rings is 1. The predicted molar refractivity (Wildman–Crippen MR) is 71.4 cm³/mol. The van der Waals surface area contributed by atoms with E-state index in [2.05, 4.69) is 4.98 Å². The third-order valence-electron chi connectivity index (χ3n) is 2.67. The van der Waals surface area contributed by atoms with Gasteiger partial charge in [-0.05, 0) is 25.1 Å². The Hall–Kier alpha value is -2.83. The lowest BCUT2D eigenvalue weighted by atomic mass is 10.1. The van der Waals surface area contributed by atoms with Crippen molar-refractivity contribution in [2.75, 3.05) is 13.7 Å². The molecule has 7 heteroatoms. The first-order valence-corrected chi connectivity index (χ1v) is 6.11. The fourth-order valence-electron chi connectivity index (χ4n) is 1.71. The number of carboxylic acid groups (broad SMARTS) is 1. The number of aromatic nitrogens is 1. The Labute approximate surface area is 120 Å². The second-order valence-corrected chi connectivity index (χ2v) is 3.98. The van der Waals surface area contributed by atoms with Gasteiger partial charge in [0.1, 0.15) is 17.6 Å². The van der Waals surface area contributed by atoms with E-state index in [1.807, 2.05) is 0 Å². The van der Waals surface area contributed by atoms with E-state index in [1.165, 1.54) is 19.2 Å². The molecule has 1 aromatic heterocycles. The van der Waals surface area contributed by atoms with Crippen molar-refractivity contribution in [3.63, 3.8) is 0 Å². The molecule has 0 saturated heterocycles. The maximum atomic E-state index is 11.5. The van der Waals surface area contributed by atoms with Gasteiger partial charge in [-0.3, -0.25) is 0 Å². The Balaban J connectivity index is 2.36. The van der Waals surface area contributed by atoms with Gasteiger partial charge in [0, 0.05) is 5.56 Å². The zero-order valence-electron chi connectivity index (χ0n) is 11.5. The highest BCUT2D eigenvalue weighted by Gasteiger charge is 2.17. The van der Waals surface area contributed by atoms with Gasteiger partial charge in [-0.2, -0.15) is 0 Å². The minimum atomic E-state index is -1.13. The average molecular weight is 291 g/mol. The normalized spacial score (nSPS) is 10.2. The smallest absolute Gasteiger partial charge is 0.360 e. The van der Waals surface area contributed by atoms with Crippen molar-refractivity contribution < 1.29 is 28.6 Å². The highest BCUT2D eigenvalue weighted by Crippen LogP contribution is 2.26. The Kier molecular flexibility index (Phi) is 4.22. The number of rotatable bonds is 5. The van der Waals surface area contributed by atoms with Crippen molar-refractivity contribution in [3.8, 4) is 17.2 Å². The fourth-order valence-corrected chi connectivity index (χ4v) is 1.71. The van der Waals surface area contributed by atoms with E-state index in [-0.39, 0.29) is 29.5 Å². The molecule has 2 aromatic rings. The van der Waals surface area contributed by atoms with Crippen LogP contribution in [-0.4, -0.2) is 35.7 Å². The molecule has 0 bridgehead atoms. The lowest BCUT2D eigenvalue weighted by Gasteiger charge is -2.05. The van der Waals surface area contributed by atoms with Gasteiger partial charge in [-0.25, -0.2) is 14.6 Å². The minimum Gasteiger partial charge on any atom is -0.496 e. The van der Waals surface area contributed by atoms with Gasteiger partial charge in [-0.1, -0.05) is 0 Å². The Morgan fingerprint density at radius 1 is 1.38 bits per heavy atom. The summed E-state index contributed by atoms with van der Waals surface area (Å²) in [5.74, 6) is -1.38. The Morgan fingerprint density at radius 2 is 2.14 bits per heavy atom. The van der Waals surface area contributed by atoms with Gasteiger partial charge >= 0.3 is 11.9 Å². The van der Waals surface area contributed by atoms with E-state index >= 15 is 0 Å². The summed E-state index contributed by atoms with van der Waals surface area (Å²) in [5, 5.41) is 9.13. The second kappa shape index (κ2) is 6.08. The standard InChI is InChI=1S/C14H13NO6/c1-3-20-14(18)10-7-21-12(15-10)8-4-5-11(19-2)9(6-8)13(16)17/h4-7H,3H2,1-2H3,(H,16,17). The van der Waals surface area contributed by atoms with Gasteiger partial charge in [0.15, 0.2) is 5.69 Å². The van der Waals surface area contributed by atoms with Crippen molar-refractivity contribution in [2.45, 2.75) is 6.92 Å². The number of aromatic carboxylic acids is 1. The van der Waals surface area contributed by atoms with E-state index in [4.69, 9.17) is 19.0 Å². The SMILES string of the molecule is CCOC(=O)c1coc(-c2ccc(OC)c(C(=O)O)c2)n1. The van der Waals surface area contributed by atoms with Crippen molar-refractivity contribution in [1.82, 2.24) is 4.98 Å². The van der Waals surface area contributed by atoms with E-state index in [9.17, 15) is 9.59 Å². The van der Waals surface area contributed by atoms with Gasteiger partial charge in [0.2, 0.25) is 5.89 Å². The summed E-state index contributed by atoms with van der Waals surface area (Å²) in [6.45, 7) is 1.91. The molecule has 0 aliphatic carbocycles. The monoisotopic (exact) mass is 291 g/mol. The van der Waals surface area contributed by atoms with Crippen LogP contribution in [0.25, 0.3) is 11.5 Å². The van der Waals surface area contributed by atoms with Crippen molar-refractivity contribution in [2.24, 2.45) is 0 Å². The number of carbonyl (C=O) groups excluding carboxylic acids is 1. The summed E-state index contributed by atoms with van der Waals surface area (Å²) < 4.78 is 14.9. The van der Waals surface area contributed by atoms with Crippen LogP contribution in [0.5, 0.6) is 5.75 Å². The van der Waals surface area contributed by atoms with Crippen molar-refractivity contribution in [1.29, 1.82) is 0 Å². The van der Waals surface area contributed by atoms with Crippen LogP contribution in [0.15, 0.2) is 28.9 Å². The number of carboxylic acids is 1. The van der Waals surface area contributed by atoms with Gasteiger partial charge < -0.3 is 19.0 Å². The molecule has 0 radical (unpaired) electrons. The number of methoxy groups -OCH3 is 1. The van der Waals surface area contributed by atoms with Gasteiger partial charge in [0.25, 0.3) is 0 Å². The van der Waals surface area contributed by atoms with Crippen LogP contribution in [0.1, 0.15) is 27.8 Å². The Bertz CT molecular complexity index is 676. The predicted octanol–water partition coefficient (Wildman–Crippen LogP) is 2.23. The number of ether oxygens (including phenoxy) is 2. The molecule has 0 unspecified atom stereocenters. The first kappa shape index (κ1) is 14.6. The summed E-state index contributed by atoms with van der Waals surface area (Å²) in [7, 11) is 1.38. The minimum absolute atomic E-state index is 0.0223. The number of hydrogen-bond acceptors (Lipinski definition) is 6. The molecule has 0 spiro atoms. The summed E-state index contributed by atoms with van der Waals surface area (Å²) in [6.07, 6.45) is 1.16. The topological polar surface area (TPSA) is 98.9 Å². The number of esters is 1. The fraction of sp³-hybridized carbons (Fsp3) is 0.214. The molecule has 110 valence electrons. The zero-order chi connectivity index (χ0) is 15.4. The van der Waals surface area contributed by atoms with E-state index in [0.29, 0.717) is 5.56 Å². The highest BCUT2D eigenvalue weighted by atomic mass is 16.5. The lowest BCUT2D eigenvalue weighted by molar-refractivity contribution is 0.0519. The molecule has 1 N–H and O–H groups in total. The van der Waals surface area contributed by atoms with Crippen LogP contribution in [0, 0.1) is 0 Å². The molecule has 0 saturated carbocycles. The third kappa shape index (κ3) is 3.02. The maximum Gasteiger partial charge on any atom is 0.360 e. The van der Waals surface area contributed by atoms with Crippen LogP contribution < -0.4 is 4.74 Å². The third-order valence-corrected chi connectivity index (χ3v) is 2.67. The molecule has 0 amide bonds. The van der Waals surface area contributed by atoms with E-state index < -0.39 is 11.9 Å². The summed E-state index contributed by atoms with van der Waals surface area (Å²) in [4.78, 5) is 26.6. The molecule has 7 nitrogen and oxygen atoms in total. The van der Waals surface area contributed by atoms with Gasteiger partial charge in [0.05, 0.1) is 13.7 Å². The molecular weight excluding hydrogens is 278 g/mol. The number of oxazole rings is 1. The summed E-state index contributed by atoms with van der Waals surface area (Å²) >= 11 is 0. The molecule has 0 aliphatic heterocycles. The quantitative estimate of drug-likeness (QED) is 0.843. The van der Waals surface area contributed by atoms with Crippen LogP contribution in [0.4, 0.5) is 0 Å². The molecule has 0 aliphatic rings. The molecule has 1 aromatic carbocycles. The largest absolute Gasteiger partial charge is 0.496 e.